The molecular weight excluding hydrogens is 234 g/mol. The second-order valence-electron chi connectivity index (χ2n) is 3.67. The molecule has 1 N–H and O–H groups in total. The molecule has 0 fully saturated rings. The number of oxazole rings is 1. The van der Waals surface area contributed by atoms with Crippen LogP contribution in [0.4, 0.5) is 5.82 Å². The predicted octanol–water partition coefficient (Wildman–Crippen LogP) is 3.02. The maximum atomic E-state index is 5.52. The smallest absolute Gasteiger partial charge is 0.256 e. The maximum absolute atomic E-state index is 5.52. The molecule has 0 aliphatic carbocycles. The molecule has 0 aromatic carbocycles. The average Bonchev–Trinajstić information content (AvgIpc) is 2.66. The Labute approximate surface area is 105 Å². The van der Waals surface area contributed by atoms with E-state index in [1.807, 2.05) is 27.0 Å². The number of hydrogen-bond donors (Lipinski definition) is 1. The lowest BCUT2D eigenvalue weighted by molar-refractivity contribution is 0.431. The zero-order chi connectivity index (χ0) is 12.3. The van der Waals surface area contributed by atoms with Crippen molar-refractivity contribution in [2.75, 3.05) is 12.4 Å². The molecule has 0 amide bonds. The predicted molar refractivity (Wildman–Crippen MR) is 69.3 cm³/mol. The summed E-state index contributed by atoms with van der Waals surface area (Å²) >= 11 is 1.58. The highest BCUT2D eigenvalue weighted by molar-refractivity contribution is 7.98. The molecule has 90 valence electrons. The summed E-state index contributed by atoms with van der Waals surface area (Å²) in [6.07, 6.45) is 1.78. The minimum atomic E-state index is 0.714. The standard InChI is InChI=1S/C12H15N3OS/c1-8-9(2)16-12(15-8)17-7-10-5-4-6-14-11(10)13-3/h4-6H,7H2,1-3H3,(H,13,14). The van der Waals surface area contributed by atoms with Crippen LogP contribution in [0.2, 0.25) is 0 Å². The summed E-state index contributed by atoms with van der Waals surface area (Å²) in [5.74, 6) is 2.58. The molecule has 0 spiro atoms. The normalized spacial score (nSPS) is 10.5. The highest BCUT2D eigenvalue weighted by Crippen LogP contribution is 2.26. The fourth-order valence-electron chi connectivity index (χ4n) is 1.42. The molecule has 0 saturated heterocycles. The van der Waals surface area contributed by atoms with Crippen molar-refractivity contribution in [2.45, 2.75) is 24.8 Å². The van der Waals surface area contributed by atoms with Gasteiger partial charge in [-0.25, -0.2) is 9.97 Å². The minimum Gasteiger partial charge on any atom is -0.437 e. The minimum absolute atomic E-state index is 0.714. The summed E-state index contributed by atoms with van der Waals surface area (Å²) in [4.78, 5) is 8.59. The molecule has 2 aromatic rings. The zero-order valence-electron chi connectivity index (χ0n) is 10.2. The van der Waals surface area contributed by atoms with Crippen LogP contribution in [0.25, 0.3) is 0 Å². The van der Waals surface area contributed by atoms with Gasteiger partial charge in [0.25, 0.3) is 5.22 Å². The summed E-state index contributed by atoms with van der Waals surface area (Å²) in [7, 11) is 1.87. The van der Waals surface area contributed by atoms with Gasteiger partial charge in [0.05, 0.1) is 5.69 Å². The van der Waals surface area contributed by atoms with Crippen molar-refractivity contribution < 1.29 is 4.42 Å². The van der Waals surface area contributed by atoms with Crippen molar-refractivity contribution in [3.05, 3.63) is 35.3 Å². The average molecular weight is 249 g/mol. The van der Waals surface area contributed by atoms with Crippen LogP contribution in [-0.4, -0.2) is 17.0 Å². The molecule has 0 aliphatic rings. The summed E-state index contributed by atoms with van der Waals surface area (Å²) in [5.41, 5.74) is 2.10. The SMILES string of the molecule is CNc1ncccc1CSc1nc(C)c(C)o1. The van der Waals surface area contributed by atoms with Crippen molar-refractivity contribution >= 4 is 17.6 Å². The largest absolute Gasteiger partial charge is 0.437 e. The zero-order valence-corrected chi connectivity index (χ0v) is 11.0. The number of aromatic nitrogens is 2. The van der Waals surface area contributed by atoms with Gasteiger partial charge in [0.2, 0.25) is 0 Å². The van der Waals surface area contributed by atoms with Crippen LogP contribution in [0.3, 0.4) is 0 Å². The highest BCUT2D eigenvalue weighted by atomic mass is 32.2. The van der Waals surface area contributed by atoms with Crippen molar-refractivity contribution in [1.82, 2.24) is 9.97 Å². The van der Waals surface area contributed by atoms with Crippen LogP contribution in [0.15, 0.2) is 28.0 Å². The van der Waals surface area contributed by atoms with Crippen molar-refractivity contribution in [3.8, 4) is 0 Å². The van der Waals surface area contributed by atoms with E-state index in [0.29, 0.717) is 5.22 Å². The van der Waals surface area contributed by atoms with E-state index in [9.17, 15) is 0 Å². The molecule has 5 heteroatoms. The molecule has 0 unspecified atom stereocenters. The Morgan fingerprint density at radius 3 is 2.88 bits per heavy atom. The second-order valence-corrected chi connectivity index (χ2v) is 4.60. The van der Waals surface area contributed by atoms with Gasteiger partial charge in [-0.15, -0.1) is 0 Å². The number of pyridine rings is 1. The Morgan fingerprint density at radius 1 is 1.41 bits per heavy atom. The van der Waals surface area contributed by atoms with Crippen LogP contribution in [0.5, 0.6) is 0 Å². The summed E-state index contributed by atoms with van der Waals surface area (Å²) < 4.78 is 5.52. The first-order valence-corrected chi connectivity index (χ1v) is 6.37. The Bertz CT molecular complexity index is 491. The summed E-state index contributed by atoms with van der Waals surface area (Å²) in [6, 6.07) is 3.98. The third-order valence-corrected chi connectivity index (χ3v) is 3.37. The van der Waals surface area contributed by atoms with Crippen LogP contribution in [-0.2, 0) is 5.75 Å². The Balaban J connectivity index is 2.07. The second kappa shape index (κ2) is 5.23. The van der Waals surface area contributed by atoms with E-state index in [1.54, 1.807) is 18.0 Å². The number of hydrogen-bond acceptors (Lipinski definition) is 5. The van der Waals surface area contributed by atoms with Crippen molar-refractivity contribution in [3.63, 3.8) is 0 Å². The third kappa shape index (κ3) is 2.79. The van der Waals surface area contributed by atoms with E-state index in [1.165, 1.54) is 0 Å². The fourth-order valence-corrected chi connectivity index (χ4v) is 2.32. The molecule has 0 radical (unpaired) electrons. The lowest BCUT2D eigenvalue weighted by Crippen LogP contribution is -1.96. The van der Waals surface area contributed by atoms with Crippen LogP contribution < -0.4 is 5.32 Å². The lowest BCUT2D eigenvalue weighted by atomic mass is 10.3. The molecule has 0 aliphatic heterocycles. The Kier molecular flexibility index (Phi) is 3.68. The van der Waals surface area contributed by atoms with Gasteiger partial charge in [-0.2, -0.15) is 0 Å². The number of anilines is 1. The summed E-state index contributed by atoms with van der Waals surface area (Å²) in [6.45, 7) is 3.88. The van der Waals surface area contributed by atoms with Crippen LogP contribution in [0.1, 0.15) is 17.0 Å². The molecule has 0 bridgehead atoms. The van der Waals surface area contributed by atoms with E-state index in [-0.39, 0.29) is 0 Å². The van der Waals surface area contributed by atoms with E-state index in [0.717, 1.165) is 28.6 Å². The van der Waals surface area contributed by atoms with E-state index >= 15 is 0 Å². The molecule has 0 atom stereocenters. The van der Waals surface area contributed by atoms with E-state index in [4.69, 9.17) is 4.42 Å². The summed E-state index contributed by atoms with van der Waals surface area (Å²) in [5, 5.41) is 3.79. The third-order valence-electron chi connectivity index (χ3n) is 2.49. The molecule has 4 nitrogen and oxygen atoms in total. The van der Waals surface area contributed by atoms with Gasteiger partial charge in [0.1, 0.15) is 11.6 Å². The maximum Gasteiger partial charge on any atom is 0.256 e. The first kappa shape index (κ1) is 12.0. The molecule has 2 heterocycles. The monoisotopic (exact) mass is 249 g/mol. The van der Waals surface area contributed by atoms with Gasteiger partial charge >= 0.3 is 0 Å². The number of nitrogens with one attached hydrogen (secondary N) is 1. The fraction of sp³-hybridized carbons (Fsp3) is 0.333. The number of rotatable bonds is 4. The number of aryl methyl sites for hydroxylation is 2. The number of nitrogens with zero attached hydrogens (tertiary/aromatic N) is 2. The topological polar surface area (TPSA) is 51.0 Å². The van der Waals surface area contributed by atoms with Crippen LogP contribution >= 0.6 is 11.8 Å². The highest BCUT2D eigenvalue weighted by Gasteiger charge is 2.08. The van der Waals surface area contributed by atoms with E-state index in [2.05, 4.69) is 21.4 Å². The first-order chi connectivity index (χ1) is 8.20. The van der Waals surface area contributed by atoms with Gasteiger partial charge in [-0.3, -0.25) is 0 Å². The quantitative estimate of drug-likeness (QED) is 0.844. The molecular formula is C12H15N3OS. The first-order valence-electron chi connectivity index (χ1n) is 5.39. The van der Waals surface area contributed by atoms with Crippen LogP contribution in [0, 0.1) is 13.8 Å². The van der Waals surface area contributed by atoms with Gasteiger partial charge < -0.3 is 9.73 Å². The van der Waals surface area contributed by atoms with Crippen molar-refractivity contribution in [2.24, 2.45) is 0 Å². The van der Waals surface area contributed by atoms with Gasteiger partial charge in [0.15, 0.2) is 0 Å². The Hall–Kier alpha value is -1.49. The Morgan fingerprint density at radius 2 is 2.24 bits per heavy atom. The molecule has 2 aromatic heterocycles. The lowest BCUT2D eigenvalue weighted by Gasteiger charge is -2.05. The van der Waals surface area contributed by atoms with Gasteiger partial charge in [-0.05, 0) is 19.9 Å². The molecule has 2 rings (SSSR count). The molecule has 17 heavy (non-hydrogen) atoms. The van der Waals surface area contributed by atoms with Crippen molar-refractivity contribution in [1.29, 1.82) is 0 Å². The van der Waals surface area contributed by atoms with E-state index < -0.39 is 0 Å². The van der Waals surface area contributed by atoms with Gasteiger partial charge in [-0.1, -0.05) is 17.8 Å². The van der Waals surface area contributed by atoms with Gasteiger partial charge in [0, 0.05) is 24.6 Å². The molecule has 0 saturated carbocycles. The number of thioether (sulfide) groups is 1.